The van der Waals surface area contributed by atoms with Gasteiger partial charge in [-0.1, -0.05) is 36.4 Å². The second-order valence-corrected chi connectivity index (χ2v) is 6.86. The predicted molar refractivity (Wildman–Crippen MR) is 98.9 cm³/mol. The molecule has 0 aliphatic carbocycles. The van der Waals surface area contributed by atoms with E-state index in [1.165, 1.54) is 12.1 Å². The first-order chi connectivity index (χ1) is 12.7. The third kappa shape index (κ3) is 3.63. The first-order valence-electron chi connectivity index (χ1n) is 9.02. The molecule has 0 radical (unpaired) electrons. The van der Waals surface area contributed by atoms with Crippen molar-refractivity contribution in [3.05, 3.63) is 77.4 Å². The first-order valence-corrected chi connectivity index (χ1v) is 9.02. The van der Waals surface area contributed by atoms with Gasteiger partial charge in [-0.15, -0.1) is 9.94 Å². The zero-order valence-electron chi connectivity index (χ0n) is 14.5. The highest BCUT2D eigenvalue weighted by Gasteiger charge is 2.21. The number of hydrogen-bond acceptors (Lipinski definition) is 3. The van der Waals surface area contributed by atoms with Crippen molar-refractivity contribution in [2.45, 2.75) is 25.2 Å². The molecule has 0 spiro atoms. The molecule has 26 heavy (non-hydrogen) atoms. The minimum absolute atomic E-state index is 0.226. The molecule has 0 bridgehead atoms. The van der Waals surface area contributed by atoms with E-state index in [0.717, 1.165) is 58.7 Å². The van der Waals surface area contributed by atoms with Crippen LogP contribution in [0.1, 0.15) is 35.6 Å². The van der Waals surface area contributed by atoms with Gasteiger partial charge < -0.3 is 10.5 Å². The second-order valence-electron chi connectivity index (χ2n) is 6.86. The van der Waals surface area contributed by atoms with Crippen LogP contribution in [0.15, 0.2) is 54.7 Å². The van der Waals surface area contributed by atoms with Gasteiger partial charge in [0.15, 0.2) is 0 Å². The summed E-state index contributed by atoms with van der Waals surface area (Å²) < 4.78 is 13.1. The molecule has 3 aromatic rings. The third-order valence-electron chi connectivity index (χ3n) is 5.09. The molecule has 4 nitrogen and oxygen atoms in total. The molecule has 5 heteroatoms. The number of aromatic nitrogens is 2. The van der Waals surface area contributed by atoms with Crippen LogP contribution in [0.4, 0.5) is 4.39 Å². The molecule has 0 amide bonds. The molecule has 1 aromatic heterocycles. The Labute approximate surface area is 152 Å². The van der Waals surface area contributed by atoms with Gasteiger partial charge in [0.25, 0.3) is 0 Å². The topological polar surface area (TPSA) is 50.1 Å². The number of halogens is 1. The fraction of sp³-hybridized carbons (Fsp3) is 0.286. The molecule has 0 atom stereocenters. The largest absolute Gasteiger partial charge is 0.412 e. The molecule has 0 unspecified atom stereocenters. The lowest BCUT2D eigenvalue weighted by molar-refractivity contribution is 0.147. The van der Waals surface area contributed by atoms with Gasteiger partial charge in [-0.25, -0.2) is 4.39 Å². The highest BCUT2D eigenvalue weighted by Crippen LogP contribution is 2.29. The fourth-order valence-electron chi connectivity index (χ4n) is 3.67. The number of nitrogens with one attached hydrogen (secondary N) is 1. The van der Waals surface area contributed by atoms with Crippen molar-refractivity contribution in [3.8, 4) is 11.1 Å². The van der Waals surface area contributed by atoms with Gasteiger partial charge >= 0.3 is 0 Å². The van der Waals surface area contributed by atoms with E-state index in [-0.39, 0.29) is 5.82 Å². The molecule has 2 heterocycles. The minimum atomic E-state index is -0.226. The maximum absolute atomic E-state index is 13.1. The maximum atomic E-state index is 13.1. The Hall–Kier alpha value is -2.66. The predicted octanol–water partition coefficient (Wildman–Crippen LogP) is 3.98. The van der Waals surface area contributed by atoms with Crippen molar-refractivity contribution in [2.24, 2.45) is 0 Å². The molecule has 1 fully saturated rings. The molecule has 1 saturated heterocycles. The van der Waals surface area contributed by atoms with E-state index < -0.39 is 0 Å². The zero-order chi connectivity index (χ0) is 17.9. The monoisotopic (exact) mass is 351 g/mol. The molecular weight excluding hydrogens is 329 g/mol. The maximum Gasteiger partial charge on any atom is 0.123 e. The molecule has 4 rings (SSSR count). The molecule has 0 saturated carbocycles. The Morgan fingerprint density at radius 1 is 1.00 bits per heavy atom. The smallest absolute Gasteiger partial charge is 0.123 e. The number of rotatable bonds is 4. The second kappa shape index (κ2) is 7.30. The molecule has 1 aliphatic rings. The number of nitrogens with zero attached hydrogens (tertiary/aromatic N) is 2. The van der Waals surface area contributed by atoms with Gasteiger partial charge in [-0.3, -0.25) is 0 Å². The molecule has 1 aliphatic heterocycles. The molecular formula is C21H22FN3O. The van der Waals surface area contributed by atoms with Crippen LogP contribution in [0.2, 0.25) is 0 Å². The van der Waals surface area contributed by atoms with Crippen LogP contribution >= 0.6 is 0 Å². The summed E-state index contributed by atoms with van der Waals surface area (Å²) in [5.41, 5.74) is 5.28. The Balaban J connectivity index is 1.53. The van der Waals surface area contributed by atoms with E-state index in [1.54, 1.807) is 18.3 Å². The number of hydrogen-bond donors (Lipinski definition) is 2. The SMILES string of the molecule is On1cc(C2CCNCC2)c(Cc2ccc(-c3ccc(F)cc3)cc2)n1. The Morgan fingerprint density at radius 3 is 2.27 bits per heavy atom. The molecule has 134 valence electrons. The lowest BCUT2D eigenvalue weighted by Gasteiger charge is -2.22. The van der Waals surface area contributed by atoms with Gasteiger partial charge in [0.05, 0.1) is 11.9 Å². The Morgan fingerprint density at radius 2 is 1.62 bits per heavy atom. The summed E-state index contributed by atoms with van der Waals surface area (Å²) in [4.78, 5) is 0.944. The zero-order valence-corrected chi connectivity index (χ0v) is 14.5. The van der Waals surface area contributed by atoms with E-state index in [0.29, 0.717) is 12.3 Å². The van der Waals surface area contributed by atoms with Gasteiger partial charge in [0.2, 0.25) is 0 Å². The van der Waals surface area contributed by atoms with Gasteiger partial charge in [0.1, 0.15) is 5.82 Å². The summed E-state index contributed by atoms with van der Waals surface area (Å²) in [6.07, 6.45) is 4.58. The quantitative estimate of drug-likeness (QED) is 0.699. The normalized spacial score (nSPS) is 15.3. The molecule has 2 aromatic carbocycles. The average molecular weight is 351 g/mol. The van der Waals surface area contributed by atoms with Crippen LogP contribution in [0.5, 0.6) is 0 Å². The van der Waals surface area contributed by atoms with Gasteiger partial charge in [-0.05, 0) is 60.7 Å². The summed E-state index contributed by atoms with van der Waals surface area (Å²) in [7, 11) is 0. The third-order valence-corrected chi connectivity index (χ3v) is 5.09. The highest BCUT2D eigenvalue weighted by molar-refractivity contribution is 5.63. The van der Waals surface area contributed by atoms with Crippen molar-refractivity contribution in [1.29, 1.82) is 0 Å². The van der Waals surface area contributed by atoms with E-state index >= 15 is 0 Å². The summed E-state index contributed by atoms with van der Waals surface area (Å²) in [5.74, 6) is 0.223. The minimum Gasteiger partial charge on any atom is -0.412 e. The van der Waals surface area contributed by atoms with Crippen LogP contribution in [0.3, 0.4) is 0 Å². The Kier molecular flexibility index (Phi) is 4.71. The fourth-order valence-corrected chi connectivity index (χ4v) is 3.67. The van der Waals surface area contributed by atoms with Crippen LogP contribution in [0, 0.1) is 5.82 Å². The summed E-state index contributed by atoms with van der Waals surface area (Å²) in [5, 5.41) is 17.5. The van der Waals surface area contributed by atoms with Gasteiger partial charge in [0, 0.05) is 12.0 Å². The average Bonchev–Trinajstić information content (AvgIpc) is 3.04. The lowest BCUT2D eigenvalue weighted by atomic mass is 9.89. The first kappa shape index (κ1) is 16.8. The summed E-state index contributed by atoms with van der Waals surface area (Å²) in [6.45, 7) is 2.01. The van der Waals surface area contributed by atoms with Crippen LogP contribution in [-0.2, 0) is 6.42 Å². The summed E-state index contributed by atoms with van der Waals surface area (Å²) in [6, 6.07) is 14.7. The van der Waals surface area contributed by atoms with Crippen molar-refractivity contribution in [1.82, 2.24) is 15.3 Å². The lowest BCUT2D eigenvalue weighted by Crippen LogP contribution is -2.26. The van der Waals surface area contributed by atoms with Crippen LogP contribution in [0.25, 0.3) is 11.1 Å². The van der Waals surface area contributed by atoms with E-state index in [1.807, 2.05) is 12.1 Å². The van der Waals surface area contributed by atoms with Crippen molar-refractivity contribution in [3.63, 3.8) is 0 Å². The highest BCUT2D eigenvalue weighted by atomic mass is 19.1. The van der Waals surface area contributed by atoms with E-state index in [2.05, 4.69) is 22.5 Å². The van der Waals surface area contributed by atoms with Crippen molar-refractivity contribution >= 4 is 0 Å². The van der Waals surface area contributed by atoms with Crippen LogP contribution < -0.4 is 5.32 Å². The van der Waals surface area contributed by atoms with Crippen molar-refractivity contribution < 1.29 is 9.60 Å². The van der Waals surface area contributed by atoms with Crippen molar-refractivity contribution in [2.75, 3.05) is 13.1 Å². The number of benzene rings is 2. The standard InChI is InChI=1S/C21H22FN3O/c22-19-7-5-17(6-8-19)16-3-1-15(2-4-16)13-21-20(14-25(26)24-21)18-9-11-23-12-10-18/h1-8,14,18,23,26H,9-13H2. The number of piperidine rings is 1. The summed E-state index contributed by atoms with van der Waals surface area (Å²) >= 11 is 0. The van der Waals surface area contributed by atoms with Gasteiger partial charge in [-0.2, -0.15) is 0 Å². The Bertz CT molecular complexity index is 865. The van der Waals surface area contributed by atoms with Crippen LogP contribution in [-0.4, -0.2) is 28.2 Å². The van der Waals surface area contributed by atoms with E-state index in [9.17, 15) is 9.60 Å². The molecule has 2 N–H and O–H groups in total. The van der Waals surface area contributed by atoms with E-state index in [4.69, 9.17) is 0 Å².